The van der Waals surface area contributed by atoms with Gasteiger partial charge in [-0.25, -0.2) is 8.42 Å². The molecule has 27 heavy (non-hydrogen) atoms. The Bertz CT molecular complexity index is 917. The number of anilines is 1. The number of carbonyl (C=O) groups is 1. The number of carbonyl (C=O) groups excluding carboxylic acids is 1. The lowest BCUT2D eigenvalue weighted by atomic mass is 10.1. The molecule has 1 aliphatic rings. The van der Waals surface area contributed by atoms with Gasteiger partial charge in [-0.15, -0.1) is 11.3 Å². The van der Waals surface area contributed by atoms with E-state index in [0.29, 0.717) is 28.9 Å². The zero-order valence-electron chi connectivity index (χ0n) is 14.4. The number of nitrogens with zero attached hydrogens (tertiary/aromatic N) is 1. The van der Waals surface area contributed by atoms with E-state index in [9.17, 15) is 13.2 Å². The van der Waals surface area contributed by atoms with Gasteiger partial charge in [0.1, 0.15) is 16.1 Å². The van der Waals surface area contributed by atoms with E-state index in [2.05, 4.69) is 11.3 Å². The van der Waals surface area contributed by atoms with E-state index in [1.54, 1.807) is 35.2 Å². The van der Waals surface area contributed by atoms with Crippen LogP contribution in [0.4, 0.5) is 5.69 Å². The van der Waals surface area contributed by atoms with Crippen molar-refractivity contribution in [3.63, 3.8) is 0 Å². The van der Waals surface area contributed by atoms with Gasteiger partial charge in [0, 0.05) is 31.6 Å². The lowest BCUT2D eigenvalue weighted by molar-refractivity contribution is -0.127. The number of halogens is 1. The van der Waals surface area contributed by atoms with Gasteiger partial charge in [0.25, 0.3) is 10.0 Å². The second-order valence-corrected chi connectivity index (χ2v) is 9.66. The molecule has 0 unspecified atom stereocenters. The molecule has 3 rings (SSSR count). The smallest absolute Gasteiger partial charge is 0.271 e. The van der Waals surface area contributed by atoms with E-state index in [1.807, 2.05) is 0 Å². The molecule has 2 aromatic rings. The van der Waals surface area contributed by atoms with Crippen LogP contribution in [0.15, 0.2) is 53.3 Å². The number of nitrogens with one attached hydrogen (secondary N) is 1. The quantitative estimate of drug-likeness (QED) is 0.713. The Balaban J connectivity index is 1.56. The fraction of sp³-hybridized carbons (Fsp3) is 0.278. The first kappa shape index (κ1) is 19.7. The van der Waals surface area contributed by atoms with Crippen molar-refractivity contribution in [1.29, 1.82) is 0 Å². The van der Waals surface area contributed by atoms with Crippen molar-refractivity contribution < 1.29 is 17.9 Å². The van der Waals surface area contributed by atoms with Gasteiger partial charge in [0.15, 0.2) is 0 Å². The van der Waals surface area contributed by atoms with Crippen molar-refractivity contribution >= 4 is 44.6 Å². The molecule has 0 atom stereocenters. The van der Waals surface area contributed by atoms with Crippen molar-refractivity contribution in [1.82, 2.24) is 4.90 Å². The monoisotopic (exact) mass is 426 g/mol. The normalized spacial score (nSPS) is 15.4. The topological polar surface area (TPSA) is 75.7 Å². The number of rotatable bonds is 6. The van der Waals surface area contributed by atoms with Gasteiger partial charge in [-0.1, -0.05) is 18.2 Å². The van der Waals surface area contributed by atoms with E-state index in [-0.39, 0.29) is 16.2 Å². The summed E-state index contributed by atoms with van der Waals surface area (Å²) >= 11 is 6.80. The van der Waals surface area contributed by atoms with Crippen molar-refractivity contribution in [3.05, 3.63) is 53.4 Å². The van der Waals surface area contributed by atoms with Crippen LogP contribution in [0.25, 0.3) is 0 Å². The van der Waals surface area contributed by atoms with E-state index >= 15 is 0 Å². The highest BCUT2D eigenvalue weighted by atomic mass is 35.5. The Morgan fingerprint density at radius 1 is 1.22 bits per heavy atom. The summed E-state index contributed by atoms with van der Waals surface area (Å²) in [7, 11) is -3.65. The third-order valence-corrected chi connectivity index (χ3v) is 7.26. The van der Waals surface area contributed by atoms with Crippen molar-refractivity contribution in [2.45, 2.75) is 23.2 Å². The number of ether oxygens (including phenoxy) is 1. The second-order valence-electron chi connectivity index (χ2n) is 6.04. The maximum atomic E-state index is 12.3. The summed E-state index contributed by atoms with van der Waals surface area (Å²) in [5.74, 6) is 0.600. The molecule has 1 saturated heterocycles. The molecule has 1 aromatic carbocycles. The Morgan fingerprint density at radius 3 is 2.44 bits per heavy atom. The Hall–Kier alpha value is -2.03. The van der Waals surface area contributed by atoms with Crippen LogP contribution in [-0.2, 0) is 14.8 Å². The molecule has 9 heteroatoms. The summed E-state index contributed by atoms with van der Waals surface area (Å²) < 4.78 is 33.6. The maximum Gasteiger partial charge on any atom is 0.271 e. The number of sulfonamides is 1. The molecule has 0 radical (unpaired) electrons. The molecule has 1 amide bonds. The third-order valence-electron chi connectivity index (χ3n) is 4.15. The third kappa shape index (κ3) is 5.03. The molecule has 144 valence electrons. The number of benzene rings is 1. The predicted octanol–water partition coefficient (Wildman–Crippen LogP) is 3.76. The standard InChI is InChI=1S/C18H19ClN2O4S2/c1-2-17(22)21-11-9-15(10-12-21)25-14-5-3-13(4-6-14)20-27(23,24)18-8-7-16(19)26-18/h2-8,15,20H,1,9-12H2. The number of thiophene rings is 1. The van der Waals surface area contributed by atoms with Gasteiger partial charge in [0.05, 0.1) is 4.34 Å². The SMILES string of the molecule is C=CC(=O)N1CCC(Oc2ccc(NS(=O)(=O)c3ccc(Cl)s3)cc2)CC1. The molecular formula is C18H19ClN2O4S2. The lowest BCUT2D eigenvalue weighted by Crippen LogP contribution is -2.41. The number of likely N-dealkylation sites (tertiary alicyclic amines) is 1. The number of amides is 1. The maximum absolute atomic E-state index is 12.3. The predicted molar refractivity (Wildman–Crippen MR) is 107 cm³/mol. The van der Waals surface area contributed by atoms with E-state index in [1.165, 1.54) is 12.1 Å². The van der Waals surface area contributed by atoms with Gasteiger partial charge in [-0.2, -0.15) is 0 Å². The molecule has 0 spiro atoms. The molecular weight excluding hydrogens is 408 g/mol. The first-order valence-electron chi connectivity index (χ1n) is 8.33. The average Bonchev–Trinajstić information content (AvgIpc) is 3.10. The minimum atomic E-state index is -3.65. The van der Waals surface area contributed by atoms with Gasteiger partial charge in [-0.3, -0.25) is 9.52 Å². The van der Waals surface area contributed by atoms with Crippen LogP contribution in [-0.4, -0.2) is 38.4 Å². The highest BCUT2D eigenvalue weighted by molar-refractivity contribution is 7.94. The van der Waals surface area contributed by atoms with Crippen LogP contribution in [0.5, 0.6) is 5.75 Å². The van der Waals surface area contributed by atoms with E-state index in [0.717, 1.165) is 24.2 Å². The highest BCUT2D eigenvalue weighted by Crippen LogP contribution is 2.28. The number of hydrogen-bond donors (Lipinski definition) is 1. The molecule has 0 bridgehead atoms. The van der Waals surface area contributed by atoms with Gasteiger partial charge in [0.2, 0.25) is 5.91 Å². The molecule has 1 N–H and O–H groups in total. The fourth-order valence-electron chi connectivity index (χ4n) is 2.76. The molecule has 1 aromatic heterocycles. The second kappa shape index (κ2) is 8.33. The van der Waals surface area contributed by atoms with E-state index in [4.69, 9.17) is 16.3 Å². The Kier molecular flexibility index (Phi) is 6.08. The zero-order chi connectivity index (χ0) is 19.4. The Morgan fingerprint density at radius 2 is 1.89 bits per heavy atom. The number of piperidine rings is 1. The minimum absolute atomic E-state index is 0.0228. The highest BCUT2D eigenvalue weighted by Gasteiger charge is 2.22. The van der Waals surface area contributed by atoms with Gasteiger partial charge in [-0.05, 0) is 42.5 Å². The number of hydrogen-bond acceptors (Lipinski definition) is 5. The van der Waals surface area contributed by atoms with Crippen LogP contribution in [0.2, 0.25) is 4.34 Å². The van der Waals surface area contributed by atoms with Gasteiger partial charge < -0.3 is 9.64 Å². The van der Waals surface area contributed by atoms with Crippen LogP contribution in [0, 0.1) is 0 Å². The summed E-state index contributed by atoms with van der Waals surface area (Å²) in [5, 5.41) is 0. The van der Waals surface area contributed by atoms with Crippen molar-refractivity contribution in [2.75, 3.05) is 17.8 Å². The Labute approximate surface area is 167 Å². The molecule has 1 aliphatic heterocycles. The van der Waals surface area contributed by atoms with Crippen LogP contribution >= 0.6 is 22.9 Å². The summed E-state index contributed by atoms with van der Waals surface area (Å²) in [6, 6.07) is 9.76. The summed E-state index contributed by atoms with van der Waals surface area (Å²) in [5.41, 5.74) is 0.443. The van der Waals surface area contributed by atoms with Crippen LogP contribution in [0.3, 0.4) is 0 Å². The van der Waals surface area contributed by atoms with Crippen LogP contribution in [0.1, 0.15) is 12.8 Å². The van der Waals surface area contributed by atoms with Crippen LogP contribution < -0.4 is 9.46 Å². The fourth-order valence-corrected chi connectivity index (χ4v) is 5.31. The summed E-state index contributed by atoms with van der Waals surface area (Å²) in [6.07, 6.45) is 2.83. The molecule has 2 heterocycles. The average molecular weight is 427 g/mol. The lowest BCUT2D eigenvalue weighted by Gasteiger charge is -2.31. The first-order valence-corrected chi connectivity index (χ1v) is 11.0. The molecule has 0 aliphatic carbocycles. The summed E-state index contributed by atoms with van der Waals surface area (Å²) in [4.78, 5) is 13.3. The molecule has 6 nitrogen and oxygen atoms in total. The van der Waals surface area contributed by atoms with E-state index < -0.39 is 10.0 Å². The van der Waals surface area contributed by atoms with Gasteiger partial charge >= 0.3 is 0 Å². The van der Waals surface area contributed by atoms with Crippen molar-refractivity contribution in [3.8, 4) is 5.75 Å². The molecule has 0 saturated carbocycles. The summed E-state index contributed by atoms with van der Waals surface area (Å²) in [6.45, 7) is 4.77. The van der Waals surface area contributed by atoms with Crippen molar-refractivity contribution in [2.24, 2.45) is 0 Å². The first-order chi connectivity index (χ1) is 12.9. The largest absolute Gasteiger partial charge is 0.490 e. The minimum Gasteiger partial charge on any atom is -0.490 e. The molecule has 1 fully saturated rings. The zero-order valence-corrected chi connectivity index (χ0v) is 16.8.